The first-order valence-electron chi connectivity index (χ1n) is 10.00. The van der Waals surface area contributed by atoms with Crippen LogP contribution in [0.2, 0.25) is 0 Å². The van der Waals surface area contributed by atoms with Crippen molar-refractivity contribution in [3.63, 3.8) is 0 Å². The van der Waals surface area contributed by atoms with Crippen LogP contribution < -0.4 is 5.73 Å². The lowest BCUT2D eigenvalue weighted by molar-refractivity contribution is -0.141. The molecule has 2 aromatic heterocycles. The number of aromatic nitrogens is 2. The van der Waals surface area contributed by atoms with Crippen LogP contribution in [0.15, 0.2) is 90.3 Å². The molecule has 33 heavy (non-hydrogen) atoms. The van der Waals surface area contributed by atoms with Gasteiger partial charge < -0.3 is 5.73 Å². The zero-order chi connectivity index (χ0) is 23.2. The van der Waals surface area contributed by atoms with E-state index in [-0.39, 0.29) is 17.0 Å². The average molecular weight is 448 g/mol. The number of aliphatic imine (C=N–C) groups is 1. The van der Waals surface area contributed by atoms with Gasteiger partial charge in [-0.25, -0.2) is 9.38 Å². The minimum atomic E-state index is -4.66. The van der Waals surface area contributed by atoms with Crippen molar-refractivity contribution >= 4 is 5.84 Å². The minimum absolute atomic E-state index is 0.0784. The molecular weight excluding hydrogens is 432 g/mol. The van der Waals surface area contributed by atoms with Gasteiger partial charge in [0.25, 0.3) is 0 Å². The summed E-state index contributed by atoms with van der Waals surface area (Å²) in [6.07, 6.45) is -0.257. The molecule has 4 aromatic rings. The maximum atomic E-state index is 14.8. The maximum Gasteiger partial charge on any atom is 0.433 e. The van der Waals surface area contributed by atoms with E-state index in [2.05, 4.69) is 15.0 Å². The van der Waals surface area contributed by atoms with Gasteiger partial charge >= 0.3 is 6.18 Å². The zero-order valence-electron chi connectivity index (χ0n) is 17.0. The van der Waals surface area contributed by atoms with E-state index in [1.165, 1.54) is 18.2 Å². The monoisotopic (exact) mass is 448 g/mol. The summed E-state index contributed by atoms with van der Waals surface area (Å²) in [6.45, 7) is 0. The Bertz CT molecular complexity index is 1380. The molecule has 0 fully saturated rings. The molecule has 1 atom stereocenters. The first-order chi connectivity index (χ1) is 15.8. The highest BCUT2D eigenvalue weighted by molar-refractivity contribution is 6.03. The van der Waals surface area contributed by atoms with Crippen molar-refractivity contribution in [2.24, 2.45) is 10.7 Å². The predicted molar refractivity (Wildman–Crippen MR) is 116 cm³/mol. The Morgan fingerprint density at radius 3 is 2.33 bits per heavy atom. The maximum absolute atomic E-state index is 14.8. The van der Waals surface area contributed by atoms with Gasteiger partial charge in [0.15, 0.2) is 0 Å². The Kier molecular flexibility index (Phi) is 4.74. The number of hydrogen-bond acceptors (Lipinski definition) is 4. The molecule has 0 spiro atoms. The van der Waals surface area contributed by atoms with Crippen molar-refractivity contribution in [3.05, 3.63) is 119 Å². The number of nitrogens with zero attached hydrogens (tertiary/aromatic N) is 3. The van der Waals surface area contributed by atoms with E-state index in [4.69, 9.17) is 5.73 Å². The van der Waals surface area contributed by atoms with Crippen LogP contribution in [0, 0.1) is 5.82 Å². The third-order valence-corrected chi connectivity index (χ3v) is 5.69. The molecular formula is C25H16F4N4. The second kappa shape index (κ2) is 7.51. The Labute approximate surface area is 186 Å². The van der Waals surface area contributed by atoms with E-state index in [0.29, 0.717) is 11.1 Å². The van der Waals surface area contributed by atoms with Crippen LogP contribution in [-0.2, 0) is 11.7 Å². The van der Waals surface area contributed by atoms with Gasteiger partial charge in [0.2, 0.25) is 0 Å². The number of hydrogen-bond donors (Lipinski definition) is 1. The Morgan fingerprint density at radius 1 is 0.818 bits per heavy atom. The number of fused-ring (bicyclic) bond motifs is 1. The van der Waals surface area contributed by atoms with E-state index < -0.39 is 23.2 Å². The van der Waals surface area contributed by atoms with Crippen molar-refractivity contribution in [2.75, 3.05) is 0 Å². The van der Waals surface area contributed by atoms with Crippen molar-refractivity contribution in [2.45, 2.75) is 11.7 Å². The molecule has 1 aliphatic rings. The largest absolute Gasteiger partial charge is 0.433 e. The number of pyridine rings is 2. The average Bonchev–Trinajstić information content (AvgIpc) is 3.14. The molecule has 1 unspecified atom stereocenters. The van der Waals surface area contributed by atoms with E-state index in [9.17, 15) is 17.6 Å². The Hall–Kier alpha value is -4.07. The van der Waals surface area contributed by atoms with Gasteiger partial charge in [-0.2, -0.15) is 13.2 Å². The second-order valence-corrected chi connectivity index (χ2v) is 7.62. The van der Waals surface area contributed by atoms with E-state index >= 15 is 0 Å². The third kappa shape index (κ3) is 3.34. The summed E-state index contributed by atoms with van der Waals surface area (Å²) in [6, 6.07) is 17.6. The minimum Gasteiger partial charge on any atom is -0.383 e. The summed E-state index contributed by atoms with van der Waals surface area (Å²) in [7, 11) is 0. The summed E-state index contributed by atoms with van der Waals surface area (Å²) < 4.78 is 55.3. The van der Waals surface area contributed by atoms with Crippen molar-refractivity contribution in [1.29, 1.82) is 0 Å². The topological polar surface area (TPSA) is 64.2 Å². The lowest BCUT2D eigenvalue weighted by Gasteiger charge is -2.30. The molecule has 0 bridgehead atoms. The molecule has 3 heterocycles. The van der Waals surface area contributed by atoms with Gasteiger partial charge in [-0.3, -0.25) is 9.97 Å². The fourth-order valence-electron chi connectivity index (χ4n) is 4.26. The fourth-order valence-corrected chi connectivity index (χ4v) is 4.26. The lowest BCUT2D eigenvalue weighted by Crippen LogP contribution is -2.26. The van der Waals surface area contributed by atoms with E-state index in [1.807, 2.05) is 18.2 Å². The summed E-state index contributed by atoms with van der Waals surface area (Å²) >= 11 is 0. The molecule has 1 aliphatic heterocycles. The summed E-state index contributed by atoms with van der Waals surface area (Å²) in [5.41, 5.74) is 6.34. The number of alkyl halides is 3. The van der Waals surface area contributed by atoms with Gasteiger partial charge in [0.05, 0.1) is 5.56 Å². The van der Waals surface area contributed by atoms with Crippen molar-refractivity contribution in [1.82, 2.24) is 9.97 Å². The first kappa shape index (κ1) is 20.8. The van der Waals surface area contributed by atoms with Crippen molar-refractivity contribution < 1.29 is 17.6 Å². The van der Waals surface area contributed by atoms with Crippen LogP contribution in [0.5, 0.6) is 0 Å². The van der Waals surface area contributed by atoms with Crippen LogP contribution in [0.3, 0.4) is 0 Å². The highest BCUT2D eigenvalue weighted by atomic mass is 19.4. The van der Waals surface area contributed by atoms with Gasteiger partial charge in [0.1, 0.15) is 22.9 Å². The third-order valence-electron chi connectivity index (χ3n) is 5.69. The normalized spacial score (nSPS) is 17.5. The molecule has 0 radical (unpaired) electrons. The first-order valence-corrected chi connectivity index (χ1v) is 10.00. The predicted octanol–water partition coefficient (Wildman–Crippen LogP) is 5.31. The summed E-state index contributed by atoms with van der Waals surface area (Å²) in [5.74, 6) is -0.676. The molecule has 164 valence electrons. The Balaban J connectivity index is 1.82. The van der Waals surface area contributed by atoms with Crippen LogP contribution in [-0.4, -0.2) is 15.8 Å². The molecule has 2 aromatic carbocycles. The summed E-state index contributed by atoms with van der Waals surface area (Å²) in [4.78, 5) is 12.2. The highest BCUT2D eigenvalue weighted by Gasteiger charge is 2.45. The Morgan fingerprint density at radius 2 is 1.58 bits per heavy atom. The van der Waals surface area contributed by atoms with Gasteiger partial charge in [-0.15, -0.1) is 0 Å². The number of halogens is 4. The SMILES string of the molecule is NC1=NC(c2cccc(-c3cccnc3)c2)(c2ccnc(C(F)(F)F)c2)c2cccc(F)c21. The number of rotatable bonds is 3. The van der Waals surface area contributed by atoms with E-state index in [1.54, 1.807) is 36.7 Å². The standard InChI is InChI=1S/C25H16F4N4/c26-20-8-2-7-19-22(20)23(30)33-24(19,18-9-11-32-21(13-18)25(27,28)29)17-6-1-4-15(12-17)16-5-3-10-31-14-16/h1-14H,(H2,30,33). The molecule has 0 aliphatic carbocycles. The molecule has 2 N–H and O–H groups in total. The molecule has 5 rings (SSSR count). The molecule has 8 heteroatoms. The van der Waals surface area contributed by atoms with Crippen LogP contribution >= 0.6 is 0 Å². The van der Waals surface area contributed by atoms with Crippen molar-refractivity contribution in [3.8, 4) is 11.1 Å². The molecule has 0 saturated heterocycles. The van der Waals surface area contributed by atoms with E-state index in [0.717, 1.165) is 23.4 Å². The number of nitrogens with two attached hydrogens (primary N) is 1. The second-order valence-electron chi connectivity index (χ2n) is 7.62. The molecule has 0 amide bonds. The van der Waals surface area contributed by atoms with Crippen LogP contribution in [0.1, 0.15) is 27.9 Å². The quantitative estimate of drug-likeness (QED) is 0.432. The molecule has 0 saturated carbocycles. The molecule has 4 nitrogen and oxygen atoms in total. The number of benzene rings is 2. The van der Waals surface area contributed by atoms with Crippen LogP contribution in [0.4, 0.5) is 17.6 Å². The highest BCUT2D eigenvalue weighted by Crippen LogP contribution is 2.47. The van der Waals surface area contributed by atoms with Gasteiger partial charge in [-0.05, 0) is 52.6 Å². The number of amidine groups is 1. The smallest absolute Gasteiger partial charge is 0.383 e. The van der Waals surface area contributed by atoms with Gasteiger partial charge in [0, 0.05) is 24.2 Å². The fraction of sp³-hybridized carbons (Fsp3) is 0.0800. The summed E-state index contributed by atoms with van der Waals surface area (Å²) in [5, 5.41) is 0. The van der Waals surface area contributed by atoms with Gasteiger partial charge in [-0.1, -0.05) is 36.4 Å². The zero-order valence-corrected chi connectivity index (χ0v) is 17.0. The lowest BCUT2D eigenvalue weighted by atomic mass is 9.77. The van der Waals surface area contributed by atoms with Crippen LogP contribution in [0.25, 0.3) is 11.1 Å².